The monoisotopic (exact) mass is 237 g/mol. The van der Waals surface area contributed by atoms with Gasteiger partial charge >= 0.3 is 0 Å². The molecule has 0 saturated heterocycles. The van der Waals surface area contributed by atoms with Gasteiger partial charge in [-0.15, -0.1) is 0 Å². The van der Waals surface area contributed by atoms with Crippen LogP contribution < -0.4 is 16.4 Å². The van der Waals surface area contributed by atoms with Gasteiger partial charge in [0.15, 0.2) is 0 Å². The summed E-state index contributed by atoms with van der Waals surface area (Å²) in [4.78, 5) is 19.6. The van der Waals surface area contributed by atoms with Crippen molar-refractivity contribution in [2.75, 3.05) is 24.1 Å². The Balaban J connectivity index is 2.60. The van der Waals surface area contributed by atoms with Crippen LogP contribution >= 0.6 is 0 Å². The van der Waals surface area contributed by atoms with Gasteiger partial charge in [0.1, 0.15) is 17.5 Å². The second-order valence-electron chi connectivity index (χ2n) is 3.83. The molecule has 6 heteroatoms. The van der Waals surface area contributed by atoms with Crippen molar-refractivity contribution in [2.45, 2.75) is 27.2 Å². The van der Waals surface area contributed by atoms with E-state index >= 15 is 0 Å². The fraction of sp³-hybridized carbons (Fsp3) is 0.545. The van der Waals surface area contributed by atoms with Crippen molar-refractivity contribution >= 4 is 17.5 Å². The summed E-state index contributed by atoms with van der Waals surface area (Å²) in [5.41, 5.74) is 6.48. The Hall–Kier alpha value is -1.85. The van der Waals surface area contributed by atoms with Gasteiger partial charge in [-0.2, -0.15) is 0 Å². The smallest absolute Gasteiger partial charge is 0.239 e. The number of nitrogens with one attached hydrogen (secondary N) is 2. The first-order valence-electron chi connectivity index (χ1n) is 5.65. The van der Waals surface area contributed by atoms with Crippen molar-refractivity contribution in [3.8, 4) is 0 Å². The first-order chi connectivity index (χ1) is 8.04. The number of aromatic nitrogens is 2. The van der Waals surface area contributed by atoms with Crippen LogP contribution in [-0.4, -0.2) is 29.0 Å². The number of aryl methyl sites for hydroxylation is 1. The Morgan fingerprint density at radius 1 is 1.35 bits per heavy atom. The SMILES string of the molecule is CCCNC(=O)CNc1nc(C)nc(N)c1C. The molecular weight excluding hydrogens is 218 g/mol. The highest BCUT2D eigenvalue weighted by Crippen LogP contribution is 2.16. The summed E-state index contributed by atoms with van der Waals surface area (Å²) in [6.45, 7) is 6.46. The zero-order valence-corrected chi connectivity index (χ0v) is 10.5. The predicted octanol–water partition coefficient (Wildman–Crippen LogP) is 0.614. The van der Waals surface area contributed by atoms with E-state index in [0.717, 1.165) is 12.0 Å². The number of nitrogen functional groups attached to an aromatic ring is 1. The minimum Gasteiger partial charge on any atom is -0.383 e. The van der Waals surface area contributed by atoms with Crippen molar-refractivity contribution < 1.29 is 4.79 Å². The van der Waals surface area contributed by atoms with Crippen LogP contribution in [0.1, 0.15) is 24.7 Å². The summed E-state index contributed by atoms with van der Waals surface area (Å²) < 4.78 is 0. The van der Waals surface area contributed by atoms with E-state index in [1.54, 1.807) is 6.92 Å². The predicted molar refractivity (Wildman–Crippen MR) is 67.7 cm³/mol. The van der Waals surface area contributed by atoms with Crippen molar-refractivity contribution in [1.29, 1.82) is 0 Å². The van der Waals surface area contributed by atoms with Crippen LogP contribution in [0.3, 0.4) is 0 Å². The van der Waals surface area contributed by atoms with Gasteiger partial charge in [-0.1, -0.05) is 6.92 Å². The Bertz CT molecular complexity index is 405. The van der Waals surface area contributed by atoms with E-state index in [2.05, 4.69) is 20.6 Å². The van der Waals surface area contributed by atoms with E-state index in [-0.39, 0.29) is 12.5 Å². The topological polar surface area (TPSA) is 92.9 Å². The molecule has 0 aliphatic heterocycles. The number of carbonyl (C=O) groups excluding carboxylic acids is 1. The third-order valence-corrected chi connectivity index (χ3v) is 2.28. The van der Waals surface area contributed by atoms with Gasteiger partial charge in [0.25, 0.3) is 0 Å². The molecule has 0 radical (unpaired) electrons. The number of anilines is 2. The number of nitrogens with two attached hydrogens (primary N) is 1. The molecule has 4 N–H and O–H groups in total. The molecular formula is C11H19N5O. The number of carbonyl (C=O) groups is 1. The van der Waals surface area contributed by atoms with Gasteiger partial charge in [0.2, 0.25) is 5.91 Å². The summed E-state index contributed by atoms with van der Waals surface area (Å²) >= 11 is 0. The lowest BCUT2D eigenvalue weighted by atomic mass is 10.3. The fourth-order valence-corrected chi connectivity index (χ4v) is 1.31. The van der Waals surface area contributed by atoms with E-state index in [0.29, 0.717) is 24.0 Å². The third-order valence-electron chi connectivity index (χ3n) is 2.28. The van der Waals surface area contributed by atoms with E-state index < -0.39 is 0 Å². The molecule has 0 aliphatic carbocycles. The summed E-state index contributed by atoms with van der Waals surface area (Å²) in [5.74, 6) is 1.58. The van der Waals surface area contributed by atoms with Gasteiger partial charge < -0.3 is 16.4 Å². The van der Waals surface area contributed by atoms with Gasteiger partial charge in [0, 0.05) is 12.1 Å². The van der Waals surface area contributed by atoms with Crippen LogP contribution in [0.2, 0.25) is 0 Å². The highest BCUT2D eigenvalue weighted by Gasteiger charge is 2.07. The lowest BCUT2D eigenvalue weighted by molar-refractivity contribution is -0.119. The van der Waals surface area contributed by atoms with Crippen LogP contribution in [0, 0.1) is 13.8 Å². The average molecular weight is 237 g/mol. The molecule has 0 fully saturated rings. The Labute approximate surface area is 101 Å². The summed E-state index contributed by atoms with van der Waals surface area (Å²) in [6, 6.07) is 0. The summed E-state index contributed by atoms with van der Waals surface area (Å²) in [7, 11) is 0. The molecule has 17 heavy (non-hydrogen) atoms. The molecule has 6 nitrogen and oxygen atoms in total. The molecule has 0 atom stereocenters. The van der Waals surface area contributed by atoms with Gasteiger partial charge in [-0.05, 0) is 20.3 Å². The Morgan fingerprint density at radius 3 is 2.71 bits per heavy atom. The molecule has 1 heterocycles. The zero-order valence-electron chi connectivity index (χ0n) is 10.5. The van der Waals surface area contributed by atoms with Gasteiger partial charge in [-0.25, -0.2) is 9.97 Å². The molecule has 1 rings (SSSR count). The quantitative estimate of drug-likeness (QED) is 0.698. The molecule has 1 amide bonds. The lowest BCUT2D eigenvalue weighted by Gasteiger charge is -2.10. The van der Waals surface area contributed by atoms with Crippen molar-refractivity contribution in [2.24, 2.45) is 0 Å². The van der Waals surface area contributed by atoms with E-state index in [1.165, 1.54) is 0 Å². The molecule has 0 saturated carbocycles. The Morgan fingerprint density at radius 2 is 2.06 bits per heavy atom. The summed E-state index contributed by atoms with van der Waals surface area (Å²) in [5, 5.41) is 5.74. The number of hydrogen-bond acceptors (Lipinski definition) is 5. The lowest BCUT2D eigenvalue weighted by Crippen LogP contribution is -2.30. The average Bonchev–Trinajstić information content (AvgIpc) is 2.29. The van der Waals surface area contributed by atoms with E-state index in [4.69, 9.17) is 5.73 Å². The first kappa shape index (κ1) is 13.2. The van der Waals surface area contributed by atoms with E-state index in [9.17, 15) is 4.79 Å². The first-order valence-corrected chi connectivity index (χ1v) is 5.65. The van der Waals surface area contributed by atoms with Crippen LogP contribution in [0.15, 0.2) is 0 Å². The summed E-state index contributed by atoms with van der Waals surface area (Å²) in [6.07, 6.45) is 0.921. The van der Waals surface area contributed by atoms with Gasteiger partial charge in [-0.3, -0.25) is 4.79 Å². The van der Waals surface area contributed by atoms with Crippen molar-refractivity contribution in [3.63, 3.8) is 0 Å². The standard InChI is InChI=1S/C11H19N5O/c1-4-5-13-9(17)6-14-11-7(2)10(12)15-8(3)16-11/h4-6H2,1-3H3,(H,13,17)(H3,12,14,15,16). The number of nitrogens with zero attached hydrogens (tertiary/aromatic N) is 2. The number of amides is 1. The molecule has 0 unspecified atom stereocenters. The minimum absolute atomic E-state index is 0.0545. The maximum atomic E-state index is 11.4. The second-order valence-corrected chi connectivity index (χ2v) is 3.83. The Kier molecular flexibility index (Phi) is 4.68. The van der Waals surface area contributed by atoms with Crippen LogP contribution in [0.25, 0.3) is 0 Å². The van der Waals surface area contributed by atoms with Crippen molar-refractivity contribution in [3.05, 3.63) is 11.4 Å². The highest BCUT2D eigenvalue weighted by atomic mass is 16.1. The maximum absolute atomic E-state index is 11.4. The highest BCUT2D eigenvalue weighted by molar-refractivity contribution is 5.80. The van der Waals surface area contributed by atoms with E-state index in [1.807, 2.05) is 13.8 Å². The molecule has 0 bridgehead atoms. The molecule has 1 aromatic heterocycles. The van der Waals surface area contributed by atoms with Crippen LogP contribution in [-0.2, 0) is 4.79 Å². The molecule has 1 aromatic rings. The normalized spacial score (nSPS) is 10.1. The third kappa shape index (κ3) is 3.90. The number of rotatable bonds is 5. The number of hydrogen-bond donors (Lipinski definition) is 3. The zero-order chi connectivity index (χ0) is 12.8. The van der Waals surface area contributed by atoms with Crippen molar-refractivity contribution in [1.82, 2.24) is 15.3 Å². The van der Waals surface area contributed by atoms with Crippen LogP contribution in [0.5, 0.6) is 0 Å². The molecule has 0 aromatic carbocycles. The molecule has 94 valence electrons. The molecule has 0 aliphatic rings. The largest absolute Gasteiger partial charge is 0.383 e. The fourth-order valence-electron chi connectivity index (χ4n) is 1.31. The van der Waals surface area contributed by atoms with Gasteiger partial charge in [0.05, 0.1) is 6.54 Å². The second kappa shape index (κ2) is 6.03. The van der Waals surface area contributed by atoms with Crippen LogP contribution in [0.4, 0.5) is 11.6 Å². The minimum atomic E-state index is -0.0545. The molecule has 0 spiro atoms. The maximum Gasteiger partial charge on any atom is 0.239 e.